The fourth-order valence-corrected chi connectivity index (χ4v) is 3.96. The molecule has 0 aliphatic heterocycles. The van der Waals surface area contributed by atoms with Gasteiger partial charge in [-0.3, -0.25) is 4.72 Å². The lowest BCUT2D eigenvalue weighted by atomic mass is 10.2. The summed E-state index contributed by atoms with van der Waals surface area (Å²) < 4.78 is 77.9. The molecule has 11 heteroatoms. The maximum atomic E-state index is 13.2. The van der Waals surface area contributed by atoms with Crippen molar-refractivity contribution in [3.05, 3.63) is 71.4 Å². The van der Waals surface area contributed by atoms with E-state index >= 15 is 0 Å². The van der Waals surface area contributed by atoms with Crippen LogP contribution in [-0.2, 0) is 22.7 Å². The summed E-state index contributed by atoms with van der Waals surface area (Å²) in [4.78, 5) is 3.69. The summed E-state index contributed by atoms with van der Waals surface area (Å²) in [5.41, 5.74) is 0.377. The summed E-state index contributed by atoms with van der Waals surface area (Å²) in [5.74, 6) is 0.678. The number of aromatic nitrogens is 1. The quantitative estimate of drug-likeness (QED) is 0.479. The number of hydrogen-bond donors (Lipinski definition) is 2. The zero-order chi connectivity index (χ0) is 24.2. The first-order valence-electron chi connectivity index (χ1n) is 9.65. The molecule has 3 aromatic rings. The Morgan fingerprint density at radius 2 is 1.64 bits per heavy atom. The van der Waals surface area contributed by atoms with Crippen molar-refractivity contribution >= 4 is 21.5 Å². The third-order valence-electron chi connectivity index (χ3n) is 4.71. The Balaban J connectivity index is 1.92. The lowest BCUT2D eigenvalue weighted by Gasteiger charge is -2.16. The minimum absolute atomic E-state index is 0.0411. The van der Waals surface area contributed by atoms with Crippen LogP contribution in [0.1, 0.15) is 16.7 Å². The molecule has 0 amide bonds. The minimum atomic E-state index is -4.65. The smallest absolute Gasteiger partial charge is 0.417 e. The van der Waals surface area contributed by atoms with Crippen LogP contribution in [0.5, 0.6) is 11.5 Å². The molecule has 0 bridgehead atoms. The van der Waals surface area contributed by atoms with Gasteiger partial charge in [-0.2, -0.15) is 13.2 Å². The van der Waals surface area contributed by atoms with Gasteiger partial charge in [0.1, 0.15) is 0 Å². The van der Waals surface area contributed by atoms with Crippen LogP contribution in [0.3, 0.4) is 0 Å². The van der Waals surface area contributed by atoms with Crippen LogP contribution in [0.2, 0.25) is 0 Å². The molecule has 0 radical (unpaired) electrons. The predicted octanol–water partition coefficient (Wildman–Crippen LogP) is 4.84. The minimum Gasteiger partial charge on any atom is -0.493 e. The molecule has 0 unspecified atom stereocenters. The van der Waals surface area contributed by atoms with Crippen molar-refractivity contribution in [3.8, 4) is 11.5 Å². The number of sulfonamides is 1. The van der Waals surface area contributed by atoms with Gasteiger partial charge in [-0.05, 0) is 42.8 Å². The maximum Gasteiger partial charge on any atom is 0.417 e. The second kappa shape index (κ2) is 9.57. The van der Waals surface area contributed by atoms with Crippen LogP contribution >= 0.6 is 0 Å². The Morgan fingerprint density at radius 1 is 0.970 bits per heavy atom. The summed E-state index contributed by atoms with van der Waals surface area (Å²) in [7, 11) is -1.13. The highest BCUT2D eigenvalue weighted by molar-refractivity contribution is 7.92. The highest BCUT2D eigenvalue weighted by Crippen LogP contribution is 2.34. The summed E-state index contributed by atoms with van der Waals surface area (Å²) in [6, 6.07) is 11.9. The highest BCUT2D eigenvalue weighted by Gasteiger charge is 2.32. The summed E-state index contributed by atoms with van der Waals surface area (Å²) in [5, 5.41) is 2.83. The van der Waals surface area contributed by atoms with Crippen LogP contribution in [0.25, 0.3) is 0 Å². The van der Waals surface area contributed by atoms with E-state index in [1.165, 1.54) is 26.4 Å². The maximum absolute atomic E-state index is 13.2. The third-order valence-corrected chi connectivity index (χ3v) is 6.06. The van der Waals surface area contributed by atoms with Gasteiger partial charge in [-0.15, -0.1) is 0 Å². The molecule has 3 rings (SSSR count). The molecule has 0 aliphatic rings. The first kappa shape index (κ1) is 24.2. The van der Waals surface area contributed by atoms with Gasteiger partial charge in [0.15, 0.2) is 17.3 Å². The SMILES string of the molecule is COc1ccc(CNc2cc(C(F)(F)F)cnc2NS(=O)(=O)c2ccc(C)cc2)cc1OC. The topological polar surface area (TPSA) is 89.5 Å². The molecule has 1 heterocycles. The molecular weight excluding hydrogens is 459 g/mol. The van der Waals surface area contributed by atoms with E-state index in [1.54, 1.807) is 37.3 Å². The van der Waals surface area contributed by atoms with Crippen molar-refractivity contribution in [1.29, 1.82) is 0 Å². The summed E-state index contributed by atoms with van der Waals surface area (Å²) in [6.07, 6.45) is -4.07. The summed E-state index contributed by atoms with van der Waals surface area (Å²) >= 11 is 0. The van der Waals surface area contributed by atoms with E-state index in [0.29, 0.717) is 23.3 Å². The van der Waals surface area contributed by atoms with Gasteiger partial charge in [0.25, 0.3) is 10.0 Å². The Kier molecular flexibility index (Phi) is 7.01. The molecule has 0 fully saturated rings. The van der Waals surface area contributed by atoms with Crippen molar-refractivity contribution in [1.82, 2.24) is 4.98 Å². The van der Waals surface area contributed by atoms with Gasteiger partial charge in [-0.25, -0.2) is 13.4 Å². The number of benzene rings is 2. The van der Waals surface area contributed by atoms with E-state index in [-0.39, 0.29) is 22.9 Å². The van der Waals surface area contributed by atoms with Gasteiger partial charge in [0.05, 0.1) is 30.4 Å². The van der Waals surface area contributed by atoms with Crippen molar-refractivity contribution in [2.75, 3.05) is 24.3 Å². The molecule has 2 aromatic carbocycles. The van der Waals surface area contributed by atoms with Crippen LogP contribution < -0.4 is 19.5 Å². The van der Waals surface area contributed by atoms with Crippen molar-refractivity contribution < 1.29 is 31.1 Å². The molecule has 0 aliphatic carbocycles. The van der Waals surface area contributed by atoms with E-state index < -0.39 is 21.8 Å². The van der Waals surface area contributed by atoms with E-state index in [0.717, 1.165) is 11.6 Å². The zero-order valence-electron chi connectivity index (χ0n) is 18.0. The molecule has 2 N–H and O–H groups in total. The van der Waals surface area contributed by atoms with Gasteiger partial charge >= 0.3 is 6.18 Å². The fraction of sp³-hybridized carbons (Fsp3) is 0.227. The van der Waals surface area contributed by atoms with Gasteiger partial charge in [0, 0.05) is 12.7 Å². The molecule has 33 heavy (non-hydrogen) atoms. The highest BCUT2D eigenvalue weighted by atomic mass is 32.2. The first-order valence-corrected chi connectivity index (χ1v) is 11.1. The number of pyridine rings is 1. The Bertz CT molecular complexity index is 1230. The first-order chi connectivity index (χ1) is 15.5. The lowest BCUT2D eigenvalue weighted by molar-refractivity contribution is -0.137. The number of nitrogens with zero attached hydrogens (tertiary/aromatic N) is 1. The average Bonchev–Trinajstić information content (AvgIpc) is 2.77. The number of halogens is 3. The monoisotopic (exact) mass is 481 g/mol. The van der Waals surface area contributed by atoms with Gasteiger partial charge in [0.2, 0.25) is 0 Å². The largest absolute Gasteiger partial charge is 0.493 e. The Hall–Kier alpha value is -3.47. The number of alkyl halides is 3. The number of nitrogens with one attached hydrogen (secondary N) is 2. The third kappa shape index (κ3) is 5.86. The molecular formula is C22H22F3N3O4S. The van der Waals surface area contributed by atoms with Gasteiger partial charge < -0.3 is 14.8 Å². The number of methoxy groups -OCH3 is 2. The van der Waals surface area contributed by atoms with E-state index in [2.05, 4.69) is 15.0 Å². The molecule has 0 spiro atoms. The van der Waals surface area contributed by atoms with Crippen molar-refractivity contribution in [2.24, 2.45) is 0 Å². The molecule has 7 nitrogen and oxygen atoms in total. The van der Waals surface area contributed by atoms with Crippen LogP contribution in [-0.4, -0.2) is 27.6 Å². The van der Waals surface area contributed by atoms with Gasteiger partial charge in [-0.1, -0.05) is 23.8 Å². The normalized spacial score (nSPS) is 11.7. The standard InChI is InChI=1S/C22H22F3N3O4S/c1-14-4-7-17(8-5-14)33(29,30)28-21-18(11-16(13-27-21)22(23,24)25)26-12-15-6-9-19(31-2)20(10-15)32-3/h4-11,13,26H,12H2,1-3H3,(H,27,28). The van der Waals surface area contributed by atoms with Crippen LogP contribution in [0.4, 0.5) is 24.7 Å². The van der Waals surface area contributed by atoms with Crippen LogP contribution in [0, 0.1) is 6.92 Å². The zero-order valence-corrected chi connectivity index (χ0v) is 18.8. The van der Waals surface area contributed by atoms with E-state index in [9.17, 15) is 21.6 Å². The average molecular weight is 481 g/mol. The van der Waals surface area contributed by atoms with Crippen molar-refractivity contribution in [3.63, 3.8) is 0 Å². The number of anilines is 2. The van der Waals surface area contributed by atoms with E-state index in [1.807, 2.05) is 0 Å². The van der Waals surface area contributed by atoms with Crippen molar-refractivity contribution in [2.45, 2.75) is 24.5 Å². The van der Waals surface area contributed by atoms with Crippen LogP contribution in [0.15, 0.2) is 59.6 Å². The molecule has 176 valence electrons. The molecule has 1 aromatic heterocycles. The molecule has 0 atom stereocenters. The molecule has 0 saturated carbocycles. The second-order valence-electron chi connectivity index (χ2n) is 7.08. The summed E-state index contributed by atoms with van der Waals surface area (Å²) in [6.45, 7) is 1.88. The Morgan fingerprint density at radius 3 is 2.24 bits per heavy atom. The number of ether oxygens (including phenoxy) is 2. The molecule has 0 saturated heterocycles. The fourth-order valence-electron chi connectivity index (χ4n) is 2.93. The number of hydrogen-bond acceptors (Lipinski definition) is 6. The lowest BCUT2D eigenvalue weighted by Crippen LogP contribution is -2.17. The second-order valence-corrected chi connectivity index (χ2v) is 8.76. The number of rotatable bonds is 8. The Labute approximate surface area is 189 Å². The van der Waals surface area contributed by atoms with E-state index in [4.69, 9.17) is 9.47 Å². The number of aryl methyl sites for hydroxylation is 1. The predicted molar refractivity (Wildman–Crippen MR) is 118 cm³/mol.